The molecule has 0 atom stereocenters. The van der Waals surface area contributed by atoms with Gasteiger partial charge in [0.2, 0.25) is 0 Å². The average molecular weight is 413 g/mol. The van der Waals surface area contributed by atoms with E-state index in [1.165, 1.54) is 0 Å². The number of halogens is 2. The van der Waals surface area contributed by atoms with Gasteiger partial charge in [-0.05, 0) is 65.7 Å². The predicted molar refractivity (Wildman–Crippen MR) is 92.0 cm³/mol. The molecule has 0 unspecified atom stereocenters. The van der Waals surface area contributed by atoms with E-state index in [-0.39, 0.29) is 5.78 Å². The van der Waals surface area contributed by atoms with Gasteiger partial charge in [0.05, 0.1) is 11.1 Å². The second kappa shape index (κ2) is 6.62. The Hall–Kier alpha value is -1.33. The molecule has 2 aromatic carbocycles. The molecule has 2 aromatic rings. The maximum atomic E-state index is 12.7. The van der Waals surface area contributed by atoms with Crippen molar-refractivity contribution in [3.63, 3.8) is 0 Å². The minimum absolute atomic E-state index is 0.0655. The normalized spacial score (nSPS) is 10.5. The maximum Gasteiger partial charge on any atom is 0.193 e. The van der Waals surface area contributed by atoms with E-state index in [1.54, 1.807) is 30.3 Å². The van der Waals surface area contributed by atoms with Crippen LogP contribution in [0.3, 0.4) is 0 Å². The molecule has 0 heterocycles. The molecule has 0 fully saturated rings. The Balaban J connectivity index is 2.43. The summed E-state index contributed by atoms with van der Waals surface area (Å²) in [6.45, 7) is 4.34. The lowest BCUT2D eigenvalue weighted by Crippen LogP contribution is -2.06. The Morgan fingerprint density at radius 1 is 1.24 bits per heavy atom. The van der Waals surface area contributed by atoms with Crippen LogP contribution in [-0.2, 0) is 0 Å². The third kappa shape index (κ3) is 3.47. The van der Waals surface area contributed by atoms with E-state index >= 15 is 0 Å². The van der Waals surface area contributed by atoms with Crippen LogP contribution < -0.4 is 10.5 Å². The smallest absolute Gasteiger partial charge is 0.193 e. The number of nitrogen functional groups attached to an aromatic ring is 1. The van der Waals surface area contributed by atoms with Gasteiger partial charge in [-0.15, -0.1) is 0 Å². The molecule has 2 N–H and O–H groups in total. The highest BCUT2D eigenvalue weighted by molar-refractivity contribution is 9.10. The summed E-state index contributed by atoms with van der Waals surface area (Å²) in [6.07, 6.45) is 0. The molecule has 5 heteroatoms. The largest absolute Gasteiger partial charge is 0.493 e. The minimum atomic E-state index is -0.0655. The van der Waals surface area contributed by atoms with Crippen LogP contribution in [-0.4, -0.2) is 12.4 Å². The Morgan fingerprint density at radius 2 is 1.95 bits per heavy atom. The molecule has 2 rings (SSSR count). The van der Waals surface area contributed by atoms with Gasteiger partial charge in [0.1, 0.15) is 5.75 Å². The summed E-state index contributed by atoms with van der Waals surface area (Å²) in [6, 6.07) is 8.90. The van der Waals surface area contributed by atoms with Crippen LogP contribution in [0, 0.1) is 6.92 Å². The van der Waals surface area contributed by atoms with Gasteiger partial charge in [-0.25, -0.2) is 0 Å². The van der Waals surface area contributed by atoms with Crippen molar-refractivity contribution in [3.8, 4) is 5.75 Å². The third-order valence-corrected chi connectivity index (χ3v) is 4.23. The Morgan fingerprint density at radius 3 is 2.57 bits per heavy atom. The number of carbonyl (C=O) groups excluding carboxylic acids is 1. The quantitative estimate of drug-likeness (QED) is 0.583. The Kier molecular flexibility index (Phi) is 5.06. The lowest BCUT2D eigenvalue weighted by Gasteiger charge is -2.11. The van der Waals surface area contributed by atoms with Crippen LogP contribution in [0.2, 0.25) is 0 Å². The summed E-state index contributed by atoms with van der Waals surface area (Å²) in [5.74, 6) is 0.656. The molecule has 0 bridgehead atoms. The molecule has 0 amide bonds. The van der Waals surface area contributed by atoms with Crippen LogP contribution in [0.1, 0.15) is 28.4 Å². The lowest BCUT2D eigenvalue weighted by atomic mass is 9.98. The Bertz CT molecular complexity index is 699. The van der Waals surface area contributed by atoms with Crippen LogP contribution in [0.25, 0.3) is 0 Å². The zero-order valence-electron chi connectivity index (χ0n) is 11.7. The van der Waals surface area contributed by atoms with Gasteiger partial charge < -0.3 is 10.5 Å². The highest BCUT2D eigenvalue weighted by Gasteiger charge is 2.16. The van der Waals surface area contributed by atoms with Gasteiger partial charge in [-0.1, -0.05) is 15.9 Å². The molecular formula is C16H15Br2NO2. The van der Waals surface area contributed by atoms with Gasteiger partial charge in [0.15, 0.2) is 5.78 Å². The lowest BCUT2D eigenvalue weighted by molar-refractivity contribution is 0.103. The first-order chi connectivity index (χ1) is 9.93. The second-order valence-electron chi connectivity index (χ2n) is 4.57. The average Bonchev–Trinajstić information content (AvgIpc) is 2.44. The number of ketones is 1. The van der Waals surface area contributed by atoms with Crippen LogP contribution in [0.15, 0.2) is 39.3 Å². The fourth-order valence-corrected chi connectivity index (χ4v) is 2.97. The van der Waals surface area contributed by atoms with Gasteiger partial charge >= 0.3 is 0 Å². The summed E-state index contributed by atoms with van der Waals surface area (Å²) in [5.41, 5.74) is 8.48. The van der Waals surface area contributed by atoms with Crippen molar-refractivity contribution in [2.45, 2.75) is 13.8 Å². The molecule has 110 valence electrons. The highest BCUT2D eigenvalue weighted by atomic mass is 79.9. The number of anilines is 1. The summed E-state index contributed by atoms with van der Waals surface area (Å²) in [5, 5.41) is 0. The van der Waals surface area contributed by atoms with E-state index in [2.05, 4.69) is 31.9 Å². The molecule has 0 aliphatic carbocycles. The first kappa shape index (κ1) is 16.0. The molecular weight excluding hydrogens is 398 g/mol. The van der Waals surface area contributed by atoms with Crippen molar-refractivity contribution in [2.75, 3.05) is 12.3 Å². The van der Waals surface area contributed by atoms with E-state index in [0.717, 1.165) is 20.3 Å². The van der Waals surface area contributed by atoms with Gasteiger partial charge in [-0.3, -0.25) is 4.79 Å². The fraction of sp³-hybridized carbons (Fsp3) is 0.188. The van der Waals surface area contributed by atoms with Gasteiger partial charge in [0, 0.05) is 21.3 Å². The molecule has 0 saturated carbocycles. The molecule has 0 radical (unpaired) electrons. The zero-order chi connectivity index (χ0) is 15.6. The van der Waals surface area contributed by atoms with E-state index in [1.807, 2.05) is 13.8 Å². The van der Waals surface area contributed by atoms with E-state index in [0.29, 0.717) is 23.4 Å². The SMILES string of the molecule is CCOc1ccc(C(=O)c2cc(Br)cc(N)c2C)cc1Br. The van der Waals surface area contributed by atoms with Crippen molar-refractivity contribution < 1.29 is 9.53 Å². The van der Waals surface area contributed by atoms with Crippen LogP contribution >= 0.6 is 31.9 Å². The first-order valence-electron chi connectivity index (χ1n) is 6.46. The topological polar surface area (TPSA) is 52.3 Å². The van der Waals surface area contributed by atoms with E-state index in [4.69, 9.17) is 10.5 Å². The fourth-order valence-electron chi connectivity index (χ4n) is 2.01. The highest BCUT2D eigenvalue weighted by Crippen LogP contribution is 2.29. The third-order valence-electron chi connectivity index (χ3n) is 3.15. The van der Waals surface area contributed by atoms with Crippen molar-refractivity contribution in [2.24, 2.45) is 0 Å². The molecule has 0 aliphatic rings. The summed E-state index contributed by atoms with van der Waals surface area (Å²) in [7, 11) is 0. The summed E-state index contributed by atoms with van der Waals surface area (Å²) < 4.78 is 7.00. The number of carbonyl (C=O) groups is 1. The van der Waals surface area contributed by atoms with Crippen molar-refractivity contribution in [1.29, 1.82) is 0 Å². The summed E-state index contributed by atoms with van der Waals surface area (Å²) in [4.78, 5) is 12.7. The number of hydrogen-bond donors (Lipinski definition) is 1. The monoisotopic (exact) mass is 411 g/mol. The minimum Gasteiger partial charge on any atom is -0.493 e. The molecule has 0 saturated heterocycles. The molecule has 0 spiro atoms. The molecule has 21 heavy (non-hydrogen) atoms. The first-order valence-corrected chi connectivity index (χ1v) is 8.05. The Labute approximate surface area is 140 Å². The number of nitrogens with two attached hydrogens (primary N) is 1. The molecule has 0 aliphatic heterocycles. The zero-order valence-corrected chi connectivity index (χ0v) is 14.9. The molecule has 0 aromatic heterocycles. The van der Waals surface area contributed by atoms with E-state index < -0.39 is 0 Å². The van der Waals surface area contributed by atoms with Crippen molar-refractivity contribution in [1.82, 2.24) is 0 Å². The maximum absolute atomic E-state index is 12.7. The van der Waals surface area contributed by atoms with Gasteiger partial charge in [0.25, 0.3) is 0 Å². The van der Waals surface area contributed by atoms with E-state index in [9.17, 15) is 4.79 Å². The van der Waals surface area contributed by atoms with Gasteiger partial charge in [-0.2, -0.15) is 0 Å². The second-order valence-corrected chi connectivity index (χ2v) is 6.34. The summed E-state index contributed by atoms with van der Waals surface area (Å²) >= 11 is 6.80. The number of benzene rings is 2. The van der Waals surface area contributed by atoms with Crippen LogP contribution in [0.5, 0.6) is 5.75 Å². The predicted octanol–water partition coefficient (Wildman–Crippen LogP) is 4.73. The number of ether oxygens (including phenoxy) is 1. The number of rotatable bonds is 4. The van der Waals surface area contributed by atoms with Crippen LogP contribution in [0.4, 0.5) is 5.69 Å². The number of hydrogen-bond acceptors (Lipinski definition) is 3. The van der Waals surface area contributed by atoms with Crippen molar-refractivity contribution >= 4 is 43.3 Å². The molecule has 3 nitrogen and oxygen atoms in total. The van der Waals surface area contributed by atoms with Crippen molar-refractivity contribution in [3.05, 3.63) is 56.0 Å². The standard InChI is InChI=1S/C16H15Br2NO2/c1-3-21-15-5-4-10(6-13(15)18)16(20)12-7-11(17)8-14(19)9(12)2/h4-8H,3,19H2,1-2H3.